The fraction of sp³-hybridized carbons (Fsp3) is 0.800. The molecule has 2 nitrogen and oxygen atoms in total. The van der Waals surface area contributed by atoms with Crippen molar-refractivity contribution in [3.63, 3.8) is 0 Å². The zero-order valence-corrected chi connectivity index (χ0v) is 14.0. The Morgan fingerprint density at radius 2 is 1.78 bits per heavy atom. The normalized spacial score (nSPS) is 15.5. The van der Waals surface area contributed by atoms with Crippen LogP contribution in [-0.4, -0.2) is 21.2 Å². The van der Waals surface area contributed by atoms with Crippen molar-refractivity contribution in [2.24, 2.45) is 5.41 Å². The Labute approximate surface area is 114 Å². The van der Waals surface area contributed by atoms with Gasteiger partial charge in [-0.25, -0.2) is 0 Å². The van der Waals surface area contributed by atoms with E-state index in [4.69, 9.17) is 4.43 Å². The van der Waals surface area contributed by atoms with Gasteiger partial charge < -0.3 is 9.22 Å². The summed E-state index contributed by atoms with van der Waals surface area (Å²) >= 11 is 0. The van der Waals surface area contributed by atoms with Gasteiger partial charge in [-0.05, 0) is 31.5 Å². The molecule has 3 heteroatoms. The van der Waals surface area contributed by atoms with Crippen molar-refractivity contribution < 1.29 is 9.22 Å². The van der Waals surface area contributed by atoms with E-state index in [-0.39, 0.29) is 5.04 Å². The quantitative estimate of drug-likeness (QED) is 0.413. The Kier molecular flexibility index (Phi) is 6.32. The monoisotopic (exact) mass is 268 g/mol. The third-order valence-corrected chi connectivity index (χ3v) is 8.33. The Morgan fingerprint density at radius 3 is 2.17 bits per heavy atom. The zero-order chi connectivity index (χ0) is 14.4. The third kappa shape index (κ3) is 5.37. The smallest absolute Gasteiger partial charge is 0.192 e. The predicted octanol–water partition coefficient (Wildman–Crippen LogP) is 4.02. The van der Waals surface area contributed by atoms with Gasteiger partial charge in [-0.1, -0.05) is 27.7 Å². The van der Waals surface area contributed by atoms with Gasteiger partial charge in [-0.3, -0.25) is 0 Å². The van der Waals surface area contributed by atoms with Crippen molar-refractivity contribution in [3.8, 4) is 11.8 Å². The molecule has 0 radical (unpaired) electrons. The highest BCUT2D eigenvalue weighted by atomic mass is 28.4. The van der Waals surface area contributed by atoms with Crippen molar-refractivity contribution in [1.82, 2.24) is 0 Å². The minimum atomic E-state index is -1.77. The van der Waals surface area contributed by atoms with Crippen LogP contribution in [0.2, 0.25) is 18.1 Å². The Morgan fingerprint density at radius 1 is 1.22 bits per heavy atom. The zero-order valence-electron chi connectivity index (χ0n) is 13.0. The molecule has 0 aromatic heterocycles. The molecule has 0 heterocycles. The standard InChI is InChI=1S/C15H28O2Si/c1-8-9-10-11-15(5,12-16)13-17-18(6,7)14(2,3)4/h12H,10-11,13H2,1-7H3/t15-/m0/s1. The summed E-state index contributed by atoms with van der Waals surface area (Å²) in [5.74, 6) is 5.88. The molecule has 104 valence electrons. The molecule has 0 saturated carbocycles. The third-order valence-electron chi connectivity index (χ3n) is 3.85. The van der Waals surface area contributed by atoms with Crippen LogP contribution < -0.4 is 0 Å². The topological polar surface area (TPSA) is 26.3 Å². The second-order valence-corrected chi connectivity index (χ2v) is 11.6. The first-order valence-electron chi connectivity index (χ1n) is 6.58. The van der Waals surface area contributed by atoms with Crippen molar-refractivity contribution in [2.75, 3.05) is 6.61 Å². The lowest BCUT2D eigenvalue weighted by atomic mass is 9.88. The van der Waals surface area contributed by atoms with Gasteiger partial charge in [0, 0.05) is 18.4 Å². The number of hydrogen-bond acceptors (Lipinski definition) is 2. The summed E-state index contributed by atoms with van der Waals surface area (Å²) in [6.45, 7) is 15.3. The SMILES string of the molecule is CC#CCC[C@@](C)(C=O)CO[Si](C)(C)C(C)(C)C. The summed E-state index contributed by atoms with van der Waals surface area (Å²) in [7, 11) is -1.77. The summed E-state index contributed by atoms with van der Waals surface area (Å²) in [6.07, 6.45) is 2.55. The highest BCUT2D eigenvalue weighted by Crippen LogP contribution is 2.37. The molecule has 0 bridgehead atoms. The average molecular weight is 268 g/mol. The lowest BCUT2D eigenvalue weighted by Gasteiger charge is -2.38. The van der Waals surface area contributed by atoms with Crippen molar-refractivity contribution in [1.29, 1.82) is 0 Å². The van der Waals surface area contributed by atoms with Crippen LogP contribution >= 0.6 is 0 Å². The first kappa shape index (κ1) is 17.4. The maximum atomic E-state index is 11.3. The molecule has 0 unspecified atom stereocenters. The minimum Gasteiger partial charge on any atom is -0.416 e. The lowest BCUT2D eigenvalue weighted by Crippen LogP contribution is -2.43. The second kappa shape index (κ2) is 6.54. The fourth-order valence-corrected chi connectivity index (χ4v) is 2.32. The van der Waals surface area contributed by atoms with Gasteiger partial charge in [-0.15, -0.1) is 11.8 Å². The highest BCUT2D eigenvalue weighted by Gasteiger charge is 2.39. The summed E-state index contributed by atoms with van der Waals surface area (Å²) in [5, 5.41) is 0.181. The fourth-order valence-electron chi connectivity index (χ4n) is 1.20. The molecule has 0 amide bonds. The van der Waals surface area contributed by atoms with Gasteiger partial charge in [0.05, 0.1) is 0 Å². The van der Waals surface area contributed by atoms with Crippen molar-refractivity contribution in [3.05, 3.63) is 0 Å². The van der Waals surface area contributed by atoms with Gasteiger partial charge in [0.25, 0.3) is 0 Å². The molecule has 0 N–H and O–H groups in total. The van der Waals surface area contributed by atoms with Crippen molar-refractivity contribution in [2.45, 2.75) is 65.6 Å². The Bertz CT molecular complexity index is 331. The van der Waals surface area contributed by atoms with Gasteiger partial charge in [-0.2, -0.15) is 0 Å². The number of carbonyl (C=O) groups excluding carboxylic acids is 1. The molecule has 0 aliphatic heterocycles. The molecule has 0 rings (SSSR count). The van der Waals surface area contributed by atoms with Gasteiger partial charge >= 0.3 is 0 Å². The largest absolute Gasteiger partial charge is 0.416 e. The van der Waals surface area contributed by atoms with Crippen LogP contribution in [0.3, 0.4) is 0 Å². The van der Waals surface area contributed by atoms with E-state index in [0.29, 0.717) is 6.61 Å². The number of aldehydes is 1. The molecule has 0 aliphatic carbocycles. The molecule has 0 saturated heterocycles. The summed E-state index contributed by atoms with van der Waals surface area (Å²) in [5.41, 5.74) is -0.403. The predicted molar refractivity (Wildman–Crippen MR) is 80.0 cm³/mol. The van der Waals surface area contributed by atoms with Crippen LogP contribution in [0.4, 0.5) is 0 Å². The Balaban J connectivity index is 4.54. The van der Waals surface area contributed by atoms with Gasteiger partial charge in [0.15, 0.2) is 8.32 Å². The van der Waals surface area contributed by atoms with Crippen LogP contribution in [0.1, 0.15) is 47.5 Å². The first-order valence-corrected chi connectivity index (χ1v) is 9.49. The van der Waals surface area contributed by atoms with Crippen LogP contribution in [0, 0.1) is 17.3 Å². The van der Waals surface area contributed by atoms with E-state index < -0.39 is 13.7 Å². The molecule has 0 spiro atoms. The van der Waals surface area contributed by atoms with Crippen molar-refractivity contribution >= 4 is 14.6 Å². The summed E-state index contributed by atoms with van der Waals surface area (Å²) in [4.78, 5) is 11.3. The van der Waals surface area contributed by atoms with Crippen LogP contribution in [-0.2, 0) is 9.22 Å². The first-order chi connectivity index (χ1) is 8.08. The minimum absolute atomic E-state index is 0.181. The molecule has 0 aliphatic rings. The van der Waals surface area contributed by atoms with Crippen LogP contribution in [0.15, 0.2) is 0 Å². The maximum absolute atomic E-state index is 11.3. The summed E-state index contributed by atoms with van der Waals surface area (Å²) in [6, 6.07) is 0. The lowest BCUT2D eigenvalue weighted by molar-refractivity contribution is -0.117. The van der Waals surface area contributed by atoms with Crippen LogP contribution in [0.5, 0.6) is 0 Å². The number of hydrogen-bond donors (Lipinski definition) is 0. The van der Waals surface area contributed by atoms with Gasteiger partial charge in [0.1, 0.15) is 6.29 Å². The molecule has 0 aromatic carbocycles. The maximum Gasteiger partial charge on any atom is 0.192 e. The molecular formula is C15H28O2Si. The molecule has 0 fully saturated rings. The van der Waals surface area contributed by atoms with Crippen LogP contribution in [0.25, 0.3) is 0 Å². The van der Waals surface area contributed by atoms with E-state index in [9.17, 15) is 4.79 Å². The molecule has 18 heavy (non-hydrogen) atoms. The molecular weight excluding hydrogens is 240 g/mol. The van der Waals surface area contributed by atoms with Gasteiger partial charge in [0.2, 0.25) is 0 Å². The van der Waals surface area contributed by atoms with E-state index in [0.717, 1.165) is 19.1 Å². The number of carbonyl (C=O) groups is 1. The average Bonchev–Trinajstić information content (AvgIpc) is 2.25. The highest BCUT2D eigenvalue weighted by molar-refractivity contribution is 6.74. The second-order valence-electron chi connectivity index (χ2n) is 6.75. The summed E-state index contributed by atoms with van der Waals surface area (Å²) < 4.78 is 6.14. The van der Waals surface area contributed by atoms with E-state index in [2.05, 4.69) is 45.7 Å². The van der Waals surface area contributed by atoms with E-state index in [1.807, 2.05) is 13.8 Å². The number of rotatable bonds is 6. The molecule has 0 aromatic rings. The molecule has 1 atom stereocenters. The van der Waals surface area contributed by atoms with E-state index in [1.165, 1.54) is 0 Å². The van der Waals surface area contributed by atoms with E-state index in [1.54, 1.807) is 0 Å². The van der Waals surface area contributed by atoms with E-state index >= 15 is 0 Å². The Hall–Kier alpha value is -0.593.